The minimum atomic E-state index is -0.451. The Morgan fingerprint density at radius 1 is 1.19 bits per heavy atom. The van der Waals surface area contributed by atoms with Gasteiger partial charge in [0.1, 0.15) is 6.54 Å². The molecule has 0 aliphatic carbocycles. The van der Waals surface area contributed by atoms with Crippen molar-refractivity contribution in [2.75, 3.05) is 7.11 Å². The first-order valence-electron chi connectivity index (χ1n) is 7.85. The lowest BCUT2D eigenvalue weighted by Crippen LogP contribution is -2.22. The number of carbonyl (C=O) groups is 2. The van der Waals surface area contributed by atoms with Crippen LogP contribution in [0.3, 0.4) is 0 Å². The summed E-state index contributed by atoms with van der Waals surface area (Å²) >= 11 is 8.63. The highest BCUT2D eigenvalue weighted by molar-refractivity contribution is 7.20. The molecule has 0 aliphatic heterocycles. The molecule has 9 heteroatoms. The number of aromatic nitrogens is 2. The molecule has 0 aliphatic rings. The zero-order valence-electron chi connectivity index (χ0n) is 14.0. The van der Waals surface area contributed by atoms with Crippen molar-refractivity contribution in [3.63, 3.8) is 0 Å². The summed E-state index contributed by atoms with van der Waals surface area (Å²) in [6.45, 7) is -0.0515. The third kappa shape index (κ3) is 3.51. The van der Waals surface area contributed by atoms with Crippen LogP contribution in [0, 0.1) is 0 Å². The van der Waals surface area contributed by atoms with Crippen LogP contribution in [0.15, 0.2) is 47.5 Å². The SMILES string of the molecule is COC(=O)Cn1c(=NC(=O)c2nc3ccccc3s2)sc2cc(Cl)ccc21. The van der Waals surface area contributed by atoms with Crippen LogP contribution in [0.4, 0.5) is 0 Å². The first-order chi connectivity index (χ1) is 13.0. The molecule has 0 saturated carbocycles. The number of nitrogens with zero attached hydrogens (tertiary/aromatic N) is 3. The Hall–Kier alpha value is -2.55. The molecule has 27 heavy (non-hydrogen) atoms. The number of ether oxygens (including phenoxy) is 1. The van der Waals surface area contributed by atoms with Gasteiger partial charge in [-0.2, -0.15) is 4.99 Å². The van der Waals surface area contributed by atoms with E-state index in [9.17, 15) is 9.59 Å². The van der Waals surface area contributed by atoms with Gasteiger partial charge in [0.05, 0.1) is 27.5 Å². The number of hydrogen-bond donors (Lipinski definition) is 0. The molecule has 2 aromatic heterocycles. The lowest BCUT2D eigenvalue weighted by molar-refractivity contribution is -0.141. The van der Waals surface area contributed by atoms with Crippen LogP contribution in [0.5, 0.6) is 0 Å². The second kappa shape index (κ2) is 7.22. The standard InChI is InChI=1S/C18H12ClN3O3S2/c1-25-15(23)9-22-12-7-6-10(19)8-14(12)27-18(22)21-16(24)17-20-11-4-2-3-5-13(11)26-17/h2-8H,9H2,1H3. The van der Waals surface area contributed by atoms with Gasteiger partial charge in [-0.05, 0) is 30.3 Å². The molecule has 0 unspecified atom stereocenters. The number of amides is 1. The molecule has 6 nitrogen and oxygen atoms in total. The van der Waals surface area contributed by atoms with E-state index in [1.54, 1.807) is 22.8 Å². The second-order valence-electron chi connectivity index (χ2n) is 5.56. The number of esters is 1. The topological polar surface area (TPSA) is 73.6 Å². The first-order valence-corrected chi connectivity index (χ1v) is 9.86. The number of fused-ring (bicyclic) bond motifs is 2. The van der Waals surface area contributed by atoms with Crippen molar-refractivity contribution in [2.45, 2.75) is 6.54 Å². The maximum atomic E-state index is 12.7. The van der Waals surface area contributed by atoms with Crippen LogP contribution < -0.4 is 4.80 Å². The Labute approximate surface area is 166 Å². The van der Waals surface area contributed by atoms with Gasteiger partial charge in [0, 0.05) is 5.02 Å². The molecule has 0 atom stereocenters. The summed E-state index contributed by atoms with van der Waals surface area (Å²) < 4.78 is 8.15. The van der Waals surface area contributed by atoms with E-state index in [4.69, 9.17) is 16.3 Å². The molecule has 2 heterocycles. The van der Waals surface area contributed by atoms with E-state index in [1.807, 2.05) is 24.3 Å². The van der Waals surface area contributed by atoms with Crippen LogP contribution in [0.25, 0.3) is 20.4 Å². The van der Waals surface area contributed by atoms with Crippen LogP contribution in [-0.2, 0) is 16.1 Å². The number of halogens is 1. The largest absolute Gasteiger partial charge is 0.468 e. The maximum absolute atomic E-state index is 12.7. The third-order valence-electron chi connectivity index (χ3n) is 3.83. The predicted molar refractivity (Wildman–Crippen MR) is 106 cm³/mol. The van der Waals surface area contributed by atoms with Crippen LogP contribution in [-0.4, -0.2) is 28.5 Å². The van der Waals surface area contributed by atoms with E-state index in [0.29, 0.717) is 14.8 Å². The fourth-order valence-corrected chi connectivity index (χ4v) is 4.73. The van der Waals surface area contributed by atoms with Gasteiger partial charge in [-0.25, -0.2) is 4.98 Å². The van der Waals surface area contributed by atoms with Crippen molar-refractivity contribution in [2.24, 2.45) is 4.99 Å². The van der Waals surface area contributed by atoms with Gasteiger partial charge < -0.3 is 9.30 Å². The lowest BCUT2D eigenvalue weighted by Gasteiger charge is -2.03. The maximum Gasteiger partial charge on any atom is 0.325 e. The average molecular weight is 418 g/mol. The van der Waals surface area contributed by atoms with Crippen molar-refractivity contribution in [1.29, 1.82) is 0 Å². The Morgan fingerprint density at radius 2 is 2.00 bits per heavy atom. The number of rotatable bonds is 3. The molecular weight excluding hydrogens is 406 g/mol. The van der Waals surface area contributed by atoms with E-state index in [1.165, 1.54) is 29.8 Å². The highest BCUT2D eigenvalue weighted by Gasteiger charge is 2.15. The summed E-state index contributed by atoms with van der Waals surface area (Å²) in [6.07, 6.45) is 0. The van der Waals surface area contributed by atoms with E-state index >= 15 is 0 Å². The van der Waals surface area contributed by atoms with Crippen molar-refractivity contribution in [1.82, 2.24) is 9.55 Å². The van der Waals surface area contributed by atoms with Crippen LogP contribution >= 0.6 is 34.3 Å². The van der Waals surface area contributed by atoms with Gasteiger partial charge in [-0.3, -0.25) is 9.59 Å². The Balaban J connectivity index is 1.84. The number of hydrogen-bond acceptors (Lipinski definition) is 6. The minimum Gasteiger partial charge on any atom is -0.468 e. The number of para-hydroxylation sites is 1. The fraction of sp³-hybridized carbons (Fsp3) is 0.111. The quantitative estimate of drug-likeness (QED) is 0.474. The first kappa shape index (κ1) is 17.8. The number of methoxy groups -OCH3 is 1. The molecule has 2 aromatic carbocycles. The molecule has 1 amide bonds. The summed E-state index contributed by atoms with van der Waals surface area (Å²) in [7, 11) is 1.32. The average Bonchev–Trinajstić information content (AvgIpc) is 3.23. The molecule has 136 valence electrons. The minimum absolute atomic E-state index is 0.0515. The molecule has 0 N–H and O–H groups in total. The van der Waals surface area contributed by atoms with E-state index in [0.717, 1.165) is 20.4 Å². The number of thiazole rings is 2. The molecule has 0 saturated heterocycles. The lowest BCUT2D eigenvalue weighted by atomic mass is 10.3. The Morgan fingerprint density at radius 3 is 2.78 bits per heavy atom. The van der Waals surface area contributed by atoms with Crippen molar-refractivity contribution >= 4 is 66.6 Å². The van der Waals surface area contributed by atoms with Gasteiger partial charge in [0.25, 0.3) is 0 Å². The monoisotopic (exact) mass is 417 g/mol. The molecule has 0 spiro atoms. The zero-order valence-corrected chi connectivity index (χ0v) is 16.4. The second-order valence-corrected chi connectivity index (χ2v) is 8.04. The van der Waals surface area contributed by atoms with Crippen LogP contribution in [0.1, 0.15) is 9.80 Å². The van der Waals surface area contributed by atoms with Gasteiger partial charge in [-0.15, -0.1) is 11.3 Å². The normalized spacial score (nSPS) is 12.0. The molecule has 4 rings (SSSR count). The summed E-state index contributed by atoms with van der Waals surface area (Å²) in [5, 5.41) is 0.870. The zero-order chi connectivity index (χ0) is 19.0. The fourth-order valence-electron chi connectivity index (χ4n) is 2.58. The molecule has 0 radical (unpaired) electrons. The molecule has 0 bridgehead atoms. The van der Waals surface area contributed by atoms with Crippen LogP contribution in [0.2, 0.25) is 5.02 Å². The molecule has 0 fully saturated rings. The smallest absolute Gasteiger partial charge is 0.325 e. The van der Waals surface area contributed by atoms with Crippen molar-refractivity contribution in [3.8, 4) is 0 Å². The van der Waals surface area contributed by atoms with E-state index in [2.05, 4.69) is 9.98 Å². The Bertz CT molecular complexity index is 1220. The van der Waals surface area contributed by atoms with Gasteiger partial charge in [0.15, 0.2) is 9.81 Å². The van der Waals surface area contributed by atoms with Gasteiger partial charge in [-0.1, -0.05) is 35.1 Å². The number of benzene rings is 2. The third-order valence-corrected chi connectivity index (χ3v) is 6.13. The summed E-state index contributed by atoms with van der Waals surface area (Å²) in [4.78, 5) is 33.4. The summed E-state index contributed by atoms with van der Waals surface area (Å²) in [5.41, 5.74) is 1.51. The highest BCUT2D eigenvalue weighted by atomic mass is 35.5. The van der Waals surface area contributed by atoms with Gasteiger partial charge >= 0.3 is 11.9 Å². The number of carbonyl (C=O) groups excluding carboxylic acids is 2. The van der Waals surface area contributed by atoms with E-state index < -0.39 is 11.9 Å². The van der Waals surface area contributed by atoms with Gasteiger partial charge in [0.2, 0.25) is 0 Å². The molecule has 4 aromatic rings. The summed E-state index contributed by atoms with van der Waals surface area (Å²) in [5.74, 6) is -0.883. The molecular formula is C18H12ClN3O3S2. The van der Waals surface area contributed by atoms with Crippen molar-refractivity contribution in [3.05, 3.63) is 57.3 Å². The van der Waals surface area contributed by atoms with Crippen molar-refractivity contribution < 1.29 is 14.3 Å². The van der Waals surface area contributed by atoms with E-state index in [-0.39, 0.29) is 6.54 Å². The summed E-state index contributed by atoms with van der Waals surface area (Å²) in [6, 6.07) is 12.8. The Kier molecular flexibility index (Phi) is 4.77. The highest BCUT2D eigenvalue weighted by Crippen LogP contribution is 2.24. The predicted octanol–water partition coefficient (Wildman–Crippen LogP) is 3.88.